The average Bonchev–Trinajstić information content (AvgIpc) is 2.62. The Morgan fingerprint density at radius 2 is 1.72 bits per heavy atom. The van der Waals surface area contributed by atoms with Crippen LogP contribution in [0.5, 0.6) is 5.75 Å². The molecule has 0 fully saturated rings. The van der Waals surface area contributed by atoms with Crippen LogP contribution in [-0.2, 0) is 9.59 Å². The molecule has 134 valence electrons. The summed E-state index contributed by atoms with van der Waals surface area (Å²) in [5, 5.41) is 2.12. The predicted molar refractivity (Wildman–Crippen MR) is 103 cm³/mol. The lowest BCUT2D eigenvalue weighted by Crippen LogP contribution is -2.42. The van der Waals surface area contributed by atoms with Crippen LogP contribution in [0.15, 0.2) is 40.9 Å². The number of carbonyl (C=O) groups excluding carboxylic acids is 2. The van der Waals surface area contributed by atoms with Crippen LogP contribution in [0.4, 0.5) is 0 Å². The summed E-state index contributed by atoms with van der Waals surface area (Å²) < 4.78 is 6.48. The largest absolute Gasteiger partial charge is 0.483 e. The molecular weight excluding hydrogens is 384 g/mol. The van der Waals surface area contributed by atoms with Crippen LogP contribution < -0.4 is 4.74 Å². The number of amides is 2. The van der Waals surface area contributed by atoms with Crippen molar-refractivity contribution < 1.29 is 14.3 Å². The van der Waals surface area contributed by atoms with Crippen LogP contribution in [0, 0.1) is 0 Å². The van der Waals surface area contributed by atoms with Crippen LogP contribution in [-0.4, -0.2) is 54.9 Å². The van der Waals surface area contributed by atoms with Crippen LogP contribution in [0.1, 0.15) is 13.8 Å². The lowest BCUT2D eigenvalue weighted by molar-refractivity contribution is -0.140. The van der Waals surface area contributed by atoms with Crippen LogP contribution in [0.3, 0.4) is 0 Å². The fraction of sp³-hybridized carbons (Fsp3) is 0.368. The number of rotatable bonds is 7. The minimum atomic E-state index is -0.236. The maximum Gasteiger partial charge on any atom is 0.260 e. The second kappa shape index (κ2) is 8.85. The van der Waals surface area contributed by atoms with E-state index < -0.39 is 0 Å². The highest BCUT2D eigenvalue weighted by atomic mass is 79.9. The van der Waals surface area contributed by atoms with Gasteiger partial charge in [-0.05, 0) is 46.6 Å². The van der Waals surface area contributed by atoms with Gasteiger partial charge in [0.15, 0.2) is 6.61 Å². The van der Waals surface area contributed by atoms with E-state index in [0.717, 1.165) is 15.2 Å². The lowest BCUT2D eigenvalue weighted by atomic mass is 10.1. The van der Waals surface area contributed by atoms with E-state index in [4.69, 9.17) is 4.74 Å². The van der Waals surface area contributed by atoms with Gasteiger partial charge in [-0.25, -0.2) is 0 Å². The van der Waals surface area contributed by atoms with Gasteiger partial charge in [0.2, 0.25) is 5.91 Å². The number of ether oxygens (including phenoxy) is 1. The molecule has 0 aliphatic heterocycles. The van der Waals surface area contributed by atoms with E-state index in [1.54, 1.807) is 11.9 Å². The first kappa shape index (κ1) is 19.2. The molecule has 0 aromatic heterocycles. The van der Waals surface area contributed by atoms with E-state index >= 15 is 0 Å². The Bertz CT molecular complexity index is 759. The smallest absolute Gasteiger partial charge is 0.260 e. The number of likely N-dealkylation sites (N-methyl/N-ethyl adjacent to an activating group) is 2. The SMILES string of the molecule is CCN(CC)C(=O)CN(C)C(=O)COc1ccc2ccccc2c1Br. The number of halogens is 1. The first-order valence-corrected chi connectivity index (χ1v) is 9.09. The molecular formula is C19H23BrN2O3. The van der Waals surface area contributed by atoms with E-state index in [2.05, 4.69) is 15.9 Å². The predicted octanol–water partition coefficient (Wildman–Crippen LogP) is 3.31. The van der Waals surface area contributed by atoms with Crippen molar-refractivity contribution in [3.63, 3.8) is 0 Å². The van der Waals surface area contributed by atoms with Gasteiger partial charge in [-0.1, -0.05) is 30.3 Å². The van der Waals surface area contributed by atoms with Gasteiger partial charge in [0.1, 0.15) is 5.75 Å². The molecule has 0 aliphatic rings. The summed E-state index contributed by atoms with van der Waals surface area (Å²) in [6.07, 6.45) is 0. The Morgan fingerprint density at radius 3 is 2.40 bits per heavy atom. The highest BCUT2D eigenvalue weighted by Gasteiger charge is 2.17. The van der Waals surface area contributed by atoms with Crippen LogP contribution >= 0.6 is 15.9 Å². The molecule has 2 aromatic carbocycles. The molecule has 2 amide bonds. The van der Waals surface area contributed by atoms with Crippen molar-refractivity contribution in [2.45, 2.75) is 13.8 Å². The van der Waals surface area contributed by atoms with E-state index in [9.17, 15) is 9.59 Å². The Hall–Kier alpha value is -2.08. The average molecular weight is 407 g/mol. The zero-order valence-corrected chi connectivity index (χ0v) is 16.4. The summed E-state index contributed by atoms with van der Waals surface area (Å²) in [4.78, 5) is 27.4. The standard InChI is InChI=1S/C19H23BrN2O3/c1-4-22(5-2)17(23)12-21(3)18(24)13-25-16-11-10-14-8-6-7-9-15(14)19(16)20/h6-11H,4-5,12-13H2,1-3H3. The molecule has 2 aromatic rings. The minimum absolute atomic E-state index is 0.0583. The summed E-state index contributed by atoms with van der Waals surface area (Å²) in [5.41, 5.74) is 0. The molecule has 0 saturated heterocycles. The zero-order valence-electron chi connectivity index (χ0n) is 14.8. The maximum absolute atomic E-state index is 12.2. The summed E-state index contributed by atoms with van der Waals surface area (Å²) in [5.74, 6) is 0.309. The van der Waals surface area contributed by atoms with Gasteiger partial charge in [0.05, 0.1) is 11.0 Å². The molecule has 0 bridgehead atoms. The molecule has 5 nitrogen and oxygen atoms in total. The quantitative estimate of drug-likeness (QED) is 0.708. The normalized spacial score (nSPS) is 10.6. The maximum atomic E-state index is 12.2. The highest BCUT2D eigenvalue weighted by molar-refractivity contribution is 9.10. The van der Waals surface area contributed by atoms with Crippen molar-refractivity contribution in [2.24, 2.45) is 0 Å². The third-order valence-electron chi connectivity index (χ3n) is 4.09. The molecule has 0 atom stereocenters. The highest BCUT2D eigenvalue weighted by Crippen LogP contribution is 2.32. The van der Waals surface area contributed by atoms with E-state index in [1.807, 2.05) is 50.2 Å². The Labute approximate surface area is 156 Å². The molecule has 0 saturated carbocycles. The number of nitrogens with zero attached hydrogens (tertiary/aromatic N) is 2. The Morgan fingerprint density at radius 1 is 1.04 bits per heavy atom. The van der Waals surface area contributed by atoms with Gasteiger partial charge >= 0.3 is 0 Å². The van der Waals surface area contributed by atoms with Gasteiger partial charge in [0.25, 0.3) is 5.91 Å². The van der Waals surface area contributed by atoms with E-state index in [0.29, 0.717) is 18.8 Å². The molecule has 0 radical (unpaired) electrons. The lowest BCUT2D eigenvalue weighted by Gasteiger charge is -2.23. The van der Waals surface area contributed by atoms with Crippen molar-refractivity contribution in [2.75, 3.05) is 33.3 Å². The summed E-state index contributed by atoms with van der Waals surface area (Å²) in [6.45, 7) is 5.06. The van der Waals surface area contributed by atoms with Gasteiger partial charge in [-0.2, -0.15) is 0 Å². The van der Waals surface area contributed by atoms with Crippen LogP contribution in [0.2, 0.25) is 0 Å². The number of carbonyl (C=O) groups is 2. The summed E-state index contributed by atoms with van der Waals surface area (Å²) in [6, 6.07) is 11.7. The van der Waals surface area contributed by atoms with Gasteiger partial charge in [0, 0.05) is 20.1 Å². The summed E-state index contributed by atoms with van der Waals surface area (Å²) >= 11 is 3.54. The van der Waals surface area contributed by atoms with E-state index in [1.165, 1.54) is 4.90 Å². The Balaban J connectivity index is 1.97. The van der Waals surface area contributed by atoms with Crippen molar-refractivity contribution in [1.82, 2.24) is 9.80 Å². The van der Waals surface area contributed by atoms with E-state index in [-0.39, 0.29) is 25.0 Å². The van der Waals surface area contributed by atoms with Crippen molar-refractivity contribution >= 4 is 38.5 Å². The third-order valence-corrected chi connectivity index (χ3v) is 4.91. The minimum Gasteiger partial charge on any atom is -0.483 e. The number of benzene rings is 2. The van der Waals surface area contributed by atoms with Crippen LogP contribution in [0.25, 0.3) is 10.8 Å². The first-order chi connectivity index (χ1) is 12.0. The monoisotopic (exact) mass is 406 g/mol. The van der Waals surface area contributed by atoms with Crippen molar-refractivity contribution in [1.29, 1.82) is 0 Å². The topological polar surface area (TPSA) is 49.9 Å². The molecule has 0 aliphatic carbocycles. The molecule has 25 heavy (non-hydrogen) atoms. The zero-order chi connectivity index (χ0) is 18.4. The second-order valence-corrected chi connectivity index (χ2v) is 6.50. The first-order valence-electron chi connectivity index (χ1n) is 8.29. The van der Waals surface area contributed by atoms with Crippen molar-refractivity contribution in [3.05, 3.63) is 40.9 Å². The number of hydrogen-bond acceptors (Lipinski definition) is 3. The van der Waals surface area contributed by atoms with Gasteiger partial charge in [-0.15, -0.1) is 0 Å². The molecule has 0 heterocycles. The molecule has 0 N–H and O–H groups in total. The summed E-state index contributed by atoms with van der Waals surface area (Å²) in [7, 11) is 1.61. The van der Waals surface area contributed by atoms with Gasteiger partial charge < -0.3 is 14.5 Å². The Kier molecular flexibility index (Phi) is 6.82. The fourth-order valence-corrected chi connectivity index (χ4v) is 3.15. The van der Waals surface area contributed by atoms with Gasteiger partial charge in [-0.3, -0.25) is 9.59 Å². The number of hydrogen-bond donors (Lipinski definition) is 0. The van der Waals surface area contributed by atoms with Crippen molar-refractivity contribution in [3.8, 4) is 5.75 Å². The number of fused-ring (bicyclic) bond motifs is 1. The second-order valence-electron chi connectivity index (χ2n) is 5.70. The molecule has 6 heteroatoms. The third kappa shape index (κ3) is 4.72. The molecule has 0 unspecified atom stereocenters. The fourth-order valence-electron chi connectivity index (χ4n) is 2.54. The molecule has 2 rings (SSSR count). The molecule has 0 spiro atoms.